The molecule has 0 aliphatic carbocycles. The number of carbonyl (C=O) groups is 1. The topological polar surface area (TPSA) is 32.8 Å². The van der Waals surface area contributed by atoms with Crippen LogP contribution in [0.3, 0.4) is 0 Å². The van der Waals surface area contributed by atoms with Crippen LogP contribution in [-0.2, 0) is 4.74 Å². The maximum Gasteiger partial charge on any atom is 0.320 e. The van der Waals surface area contributed by atoms with Crippen LogP contribution in [0.2, 0.25) is 0 Å². The van der Waals surface area contributed by atoms with E-state index in [-0.39, 0.29) is 18.2 Å². The molecule has 0 aromatic heterocycles. The van der Waals surface area contributed by atoms with Crippen molar-refractivity contribution in [2.75, 3.05) is 26.7 Å². The Bertz CT molecular complexity index is 283. The lowest BCUT2D eigenvalue weighted by molar-refractivity contribution is 0.0774. The molecule has 0 aromatic rings. The molecule has 4 nitrogen and oxygen atoms in total. The van der Waals surface area contributed by atoms with E-state index >= 15 is 0 Å². The van der Waals surface area contributed by atoms with Crippen LogP contribution < -0.4 is 0 Å². The summed E-state index contributed by atoms with van der Waals surface area (Å²) < 4.78 is 5.53. The molecule has 0 N–H and O–H groups in total. The van der Waals surface area contributed by atoms with E-state index in [9.17, 15) is 4.79 Å². The summed E-state index contributed by atoms with van der Waals surface area (Å²) in [5.74, 6) is 0.637. The highest BCUT2D eigenvalue weighted by molar-refractivity contribution is 5.74. The normalized spacial score (nSPS) is 33.8. The van der Waals surface area contributed by atoms with Crippen LogP contribution >= 0.6 is 0 Å². The van der Waals surface area contributed by atoms with Gasteiger partial charge >= 0.3 is 6.03 Å². The summed E-state index contributed by atoms with van der Waals surface area (Å²) in [5.41, 5.74) is 0. The zero-order valence-corrected chi connectivity index (χ0v) is 11.2. The molecule has 0 aromatic carbocycles. The summed E-state index contributed by atoms with van der Waals surface area (Å²) in [4.78, 5) is 16.3. The van der Waals surface area contributed by atoms with Crippen molar-refractivity contribution in [1.29, 1.82) is 0 Å². The summed E-state index contributed by atoms with van der Waals surface area (Å²) >= 11 is 0. The number of likely N-dealkylation sites (N-methyl/N-ethyl adjacent to an activating group) is 1. The van der Waals surface area contributed by atoms with Gasteiger partial charge in [0.1, 0.15) is 0 Å². The van der Waals surface area contributed by atoms with Crippen molar-refractivity contribution in [1.82, 2.24) is 9.80 Å². The molecular weight excluding hydrogens is 216 g/mol. The van der Waals surface area contributed by atoms with Crippen molar-refractivity contribution in [2.45, 2.75) is 45.3 Å². The number of urea groups is 1. The minimum atomic E-state index is 0.172. The average Bonchev–Trinajstić information content (AvgIpc) is 2.73. The van der Waals surface area contributed by atoms with Crippen molar-refractivity contribution in [3.63, 3.8) is 0 Å². The van der Waals surface area contributed by atoms with Crippen LogP contribution in [0.25, 0.3) is 0 Å². The second-order valence-electron chi connectivity index (χ2n) is 5.52. The Balaban J connectivity index is 1.94. The highest BCUT2D eigenvalue weighted by Crippen LogP contribution is 2.22. The Morgan fingerprint density at radius 2 is 2.12 bits per heavy atom. The number of likely N-dealkylation sites (tertiary alicyclic amines) is 1. The molecule has 2 fully saturated rings. The Hall–Kier alpha value is -0.770. The van der Waals surface area contributed by atoms with E-state index in [1.165, 1.54) is 6.42 Å². The van der Waals surface area contributed by atoms with Gasteiger partial charge in [-0.2, -0.15) is 0 Å². The second kappa shape index (κ2) is 5.25. The molecule has 4 heteroatoms. The van der Waals surface area contributed by atoms with Gasteiger partial charge in [0.2, 0.25) is 0 Å². The molecule has 2 aliphatic rings. The fraction of sp³-hybridized carbons (Fsp3) is 0.923. The van der Waals surface area contributed by atoms with Gasteiger partial charge < -0.3 is 14.5 Å². The van der Waals surface area contributed by atoms with Crippen LogP contribution in [0.5, 0.6) is 0 Å². The number of carbonyl (C=O) groups excluding carboxylic acids is 1. The van der Waals surface area contributed by atoms with Crippen molar-refractivity contribution in [3.8, 4) is 0 Å². The van der Waals surface area contributed by atoms with Gasteiger partial charge in [0.25, 0.3) is 0 Å². The highest BCUT2D eigenvalue weighted by atomic mass is 16.5. The molecule has 2 amide bonds. The first-order chi connectivity index (χ1) is 8.09. The zero-order valence-electron chi connectivity index (χ0n) is 11.2. The number of amides is 2. The minimum Gasteiger partial charge on any atom is -0.376 e. The first-order valence-electron chi connectivity index (χ1n) is 6.73. The fourth-order valence-corrected chi connectivity index (χ4v) is 2.96. The van der Waals surface area contributed by atoms with Gasteiger partial charge in [0.15, 0.2) is 0 Å². The van der Waals surface area contributed by atoms with Crippen LogP contribution in [0.1, 0.15) is 33.1 Å². The molecule has 2 aliphatic heterocycles. The predicted molar refractivity (Wildman–Crippen MR) is 66.9 cm³/mol. The van der Waals surface area contributed by atoms with Gasteiger partial charge in [0, 0.05) is 26.7 Å². The van der Waals surface area contributed by atoms with Gasteiger partial charge in [0.05, 0.1) is 12.1 Å². The first-order valence-corrected chi connectivity index (χ1v) is 6.73. The maximum atomic E-state index is 12.4. The van der Waals surface area contributed by atoms with E-state index < -0.39 is 0 Å². The van der Waals surface area contributed by atoms with Crippen LogP contribution in [0.15, 0.2) is 0 Å². The molecule has 17 heavy (non-hydrogen) atoms. The molecule has 3 atom stereocenters. The molecule has 98 valence electrons. The van der Waals surface area contributed by atoms with E-state index in [0.717, 1.165) is 32.5 Å². The second-order valence-corrected chi connectivity index (χ2v) is 5.52. The summed E-state index contributed by atoms with van der Waals surface area (Å²) in [6.45, 7) is 6.88. The number of rotatable bonds is 1. The number of ether oxygens (including phenoxy) is 1. The molecule has 2 heterocycles. The largest absolute Gasteiger partial charge is 0.376 e. The monoisotopic (exact) mass is 240 g/mol. The summed E-state index contributed by atoms with van der Waals surface area (Å²) in [6.07, 6.45) is 3.52. The van der Waals surface area contributed by atoms with Crippen LogP contribution in [0.4, 0.5) is 4.79 Å². The SMILES string of the molecule is CC1CCCN(C(=O)N(C)C2CCOC2C)C1. The number of piperidine rings is 1. The molecule has 2 rings (SSSR count). The molecule has 2 saturated heterocycles. The number of nitrogens with zero attached hydrogens (tertiary/aromatic N) is 2. The molecule has 0 spiro atoms. The molecule has 3 unspecified atom stereocenters. The van der Waals surface area contributed by atoms with Gasteiger partial charge in [-0.1, -0.05) is 6.92 Å². The third-order valence-corrected chi connectivity index (χ3v) is 4.06. The minimum absolute atomic E-state index is 0.172. The average molecular weight is 240 g/mol. The van der Waals surface area contributed by atoms with Crippen LogP contribution in [-0.4, -0.2) is 54.7 Å². The van der Waals surface area contributed by atoms with Crippen molar-refractivity contribution < 1.29 is 9.53 Å². The Morgan fingerprint density at radius 1 is 1.35 bits per heavy atom. The Morgan fingerprint density at radius 3 is 2.71 bits per heavy atom. The van der Waals surface area contributed by atoms with Gasteiger partial charge in [-0.05, 0) is 32.1 Å². The van der Waals surface area contributed by atoms with E-state index in [1.54, 1.807) is 0 Å². The molecular formula is C13H24N2O2. The predicted octanol–water partition coefficient (Wildman–Crippen LogP) is 1.95. The fourth-order valence-electron chi connectivity index (χ4n) is 2.96. The van der Waals surface area contributed by atoms with Gasteiger partial charge in [-0.25, -0.2) is 4.79 Å². The lowest BCUT2D eigenvalue weighted by atomic mass is 10.0. The van der Waals surface area contributed by atoms with Crippen molar-refractivity contribution >= 4 is 6.03 Å². The lowest BCUT2D eigenvalue weighted by Gasteiger charge is -2.36. The summed E-state index contributed by atoms with van der Waals surface area (Å²) in [6, 6.07) is 0.429. The molecule has 0 bridgehead atoms. The third kappa shape index (κ3) is 2.73. The van der Waals surface area contributed by atoms with E-state index in [4.69, 9.17) is 4.74 Å². The highest BCUT2D eigenvalue weighted by Gasteiger charge is 2.33. The van der Waals surface area contributed by atoms with Gasteiger partial charge in [-0.3, -0.25) is 0 Å². The standard InChI is InChI=1S/C13H24N2O2/c1-10-5-4-7-15(9-10)13(16)14(3)12-6-8-17-11(12)2/h10-12H,4-9H2,1-3H3. The summed E-state index contributed by atoms with van der Waals surface area (Å²) in [5, 5.41) is 0. The van der Waals surface area contributed by atoms with Crippen LogP contribution in [0, 0.1) is 5.92 Å². The quantitative estimate of drug-likeness (QED) is 0.702. The van der Waals surface area contributed by atoms with E-state index in [0.29, 0.717) is 5.92 Å². The Labute approximate surface area is 104 Å². The van der Waals surface area contributed by atoms with Gasteiger partial charge in [-0.15, -0.1) is 0 Å². The smallest absolute Gasteiger partial charge is 0.320 e. The molecule has 0 saturated carbocycles. The lowest BCUT2D eigenvalue weighted by Crippen LogP contribution is -2.50. The Kier molecular flexibility index (Phi) is 3.92. The van der Waals surface area contributed by atoms with E-state index in [1.807, 2.05) is 16.8 Å². The number of hydrogen-bond acceptors (Lipinski definition) is 2. The molecule has 0 radical (unpaired) electrons. The maximum absolute atomic E-state index is 12.4. The zero-order chi connectivity index (χ0) is 12.4. The van der Waals surface area contributed by atoms with Crippen molar-refractivity contribution in [2.24, 2.45) is 5.92 Å². The first kappa shape index (κ1) is 12.7. The summed E-state index contributed by atoms with van der Waals surface area (Å²) in [7, 11) is 1.91. The van der Waals surface area contributed by atoms with Crippen molar-refractivity contribution in [3.05, 3.63) is 0 Å². The van der Waals surface area contributed by atoms with E-state index in [2.05, 4.69) is 13.8 Å². The third-order valence-electron chi connectivity index (χ3n) is 4.06. The number of hydrogen-bond donors (Lipinski definition) is 0.